The zero-order valence-corrected chi connectivity index (χ0v) is 73.6. The first kappa shape index (κ1) is 94.2. The fourth-order valence-corrected chi connectivity index (χ4v) is 25.5. The van der Waals surface area contributed by atoms with Crippen molar-refractivity contribution in [3.8, 4) is 0 Å². The molecule has 0 bridgehead atoms. The summed E-state index contributed by atoms with van der Waals surface area (Å²) in [5.74, 6) is -1.83. The summed E-state index contributed by atoms with van der Waals surface area (Å²) in [5.41, 5.74) is 1.90. The molecule has 28 nitrogen and oxygen atoms in total. The third kappa shape index (κ3) is 26.2. The van der Waals surface area contributed by atoms with E-state index in [2.05, 4.69) is 40.2 Å². The van der Waals surface area contributed by atoms with Crippen LogP contribution in [0.3, 0.4) is 0 Å². The molecule has 0 amide bonds. The fraction of sp³-hybridized carbons (Fsp3) is 0.680. The Morgan fingerprint density at radius 3 is 0.879 bits per heavy atom. The minimum absolute atomic E-state index is 0.000313. The lowest BCUT2D eigenvalue weighted by Gasteiger charge is -2.31. The van der Waals surface area contributed by atoms with Crippen LogP contribution in [-0.2, 0) is 80.2 Å². The average Bonchev–Trinajstić information content (AvgIpc) is 1.58. The Balaban J connectivity index is 0.000000177. The molecule has 0 aromatic heterocycles. The Bertz CT molecular complexity index is 4950. The van der Waals surface area contributed by atoms with Crippen LogP contribution in [0.4, 0.5) is 67.5 Å². The first-order valence-electron chi connectivity index (χ1n) is 40.2. The molecule has 0 radical (unpaired) electrons. The summed E-state index contributed by atoms with van der Waals surface area (Å²) < 4.78 is 278. The lowest BCUT2D eigenvalue weighted by atomic mass is 9.86. The van der Waals surface area contributed by atoms with Crippen molar-refractivity contribution < 1.29 is 89.3 Å². The minimum Gasteiger partial charge on any atom is -0.385 e. The van der Waals surface area contributed by atoms with Crippen LogP contribution >= 0.6 is 0 Å². The second-order valence-electron chi connectivity index (χ2n) is 32.6. The van der Waals surface area contributed by atoms with E-state index in [-0.39, 0.29) is 93.9 Å². The quantitative estimate of drug-likeness (QED) is 0.0257. The smallest absolute Gasteiger partial charge is 0.235 e. The van der Waals surface area contributed by atoms with E-state index < -0.39 is 125 Å². The van der Waals surface area contributed by atoms with E-state index in [0.29, 0.717) is 106 Å². The van der Waals surface area contributed by atoms with Crippen LogP contribution in [0, 0.1) is 52.8 Å². The molecule has 4 saturated heterocycles. The fourth-order valence-electron chi connectivity index (χ4n) is 15.4. The van der Waals surface area contributed by atoms with Crippen LogP contribution in [0.5, 0.6) is 0 Å². The predicted octanol–water partition coefficient (Wildman–Crippen LogP) is 10.4. The van der Waals surface area contributed by atoms with Crippen LogP contribution < -0.4 is 57.4 Å². The van der Waals surface area contributed by atoms with Crippen molar-refractivity contribution in [2.75, 3.05) is 125 Å². The molecule has 4 aromatic rings. The van der Waals surface area contributed by atoms with Gasteiger partial charge in [-0.15, -0.1) is 0 Å². The van der Waals surface area contributed by atoms with Crippen molar-refractivity contribution in [2.45, 2.75) is 211 Å². The molecule has 0 spiro atoms. The molecule has 116 heavy (non-hydrogen) atoms. The molecule has 4 heterocycles. The number of nitrogens with one attached hydrogen (secondary N) is 8. The molecule has 8 aliphatic rings. The molecule has 0 unspecified atom stereocenters. The van der Waals surface area contributed by atoms with Gasteiger partial charge in [0.15, 0.2) is 11.6 Å². The monoisotopic (exact) mass is 1790 g/mol. The molecule has 4 saturated carbocycles. The van der Waals surface area contributed by atoms with E-state index in [1.807, 2.05) is 0 Å². The van der Waals surface area contributed by atoms with Crippen molar-refractivity contribution in [3.63, 3.8) is 0 Å². The normalized spacial score (nSPS) is 24.8. The number of rotatable bonds is 27. The van der Waals surface area contributed by atoms with Gasteiger partial charge in [0.25, 0.3) is 0 Å². The van der Waals surface area contributed by atoms with Gasteiger partial charge in [0.1, 0.15) is 23.1 Å². The number of sulfonamides is 8. The molecule has 8 N–H and O–H groups in total. The number of halogens is 5. The van der Waals surface area contributed by atoms with Crippen molar-refractivity contribution in [3.05, 3.63) is 95.8 Å². The van der Waals surface area contributed by atoms with Gasteiger partial charge in [0.05, 0.1) is 61.6 Å². The zero-order chi connectivity index (χ0) is 85.0. The van der Waals surface area contributed by atoms with Gasteiger partial charge in [0.2, 0.25) is 80.2 Å². The highest BCUT2D eigenvalue weighted by Gasteiger charge is 2.38. The minimum atomic E-state index is -3.66. The molecular weight excluding hydrogens is 1680 g/mol. The first-order valence-corrected chi connectivity index (χ1v) is 52.9. The number of nitrogens with zero attached hydrogens (tertiary/aromatic N) is 4. The predicted molar refractivity (Wildman–Crippen MR) is 450 cm³/mol. The third-order valence-electron chi connectivity index (χ3n) is 22.6. The molecule has 4 aromatic carbocycles. The molecule has 12 rings (SSSR count). The summed E-state index contributed by atoms with van der Waals surface area (Å²) in [6.07, 6.45) is 15.0. The van der Waals surface area contributed by atoms with E-state index in [1.54, 1.807) is 66.7 Å². The van der Waals surface area contributed by atoms with Gasteiger partial charge in [-0.05, 0) is 267 Å². The molecule has 41 heteroatoms. The Morgan fingerprint density at radius 2 is 0.629 bits per heavy atom. The maximum Gasteiger partial charge on any atom is 0.235 e. The van der Waals surface area contributed by atoms with Crippen molar-refractivity contribution in [2.24, 2.45) is 23.7 Å². The van der Waals surface area contributed by atoms with Gasteiger partial charge in [-0.1, -0.05) is 0 Å². The van der Waals surface area contributed by atoms with Crippen molar-refractivity contribution in [1.82, 2.24) is 18.9 Å². The number of hydrogen-bond donors (Lipinski definition) is 8. The number of benzene rings is 4. The van der Waals surface area contributed by atoms with Crippen molar-refractivity contribution >= 4 is 126 Å². The first-order chi connectivity index (χ1) is 54.3. The van der Waals surface area contributed by atoms with Crippen LogP contribution in [0.15, 0.2) is 66.7 Å². The number of hydrogen-bond acceptors (Lipinski definition) is 20. The molecule has 0 atom stereocenters. The van der Waals surface area contributed by atoms with Gasteiger partial charge in [-0.2, -0.15) is 0 Å². The molecule has 656 valence electrons. The highest BCUT2D eigenvalue weighted by molar-refractivity contribution is 7.94. The zero-order valence-electron chi connectivity index (χ0n) is 67.1. The summed E-state index contributed by atoms with van der Waals surface area (Å²) in [6.45, 7) is 15.2. The lowest BCUT2D eigenvalue weighted by Crippen LogP contribution is -2.46. The summed E-state index contributed by atoms with van der Waals surface area (Å²) in [6, 6.07) is 15.8. The number of anilines is 8. The van der Waals surface area contributed by atoms with E-state index in [0.717, 1.165) is 132 Å². The maximum absolute atomic E-state index is 14.5. The average molecular weight is 1790 g/mol. The van der Waals surface area contributed by atoms with Gasteiger partial charge in [-0.3, -0.25) is 17.2 Å². The van der Waals surface area contributed by atoms with Gasteiger partial charge < -0.3 is 21.3 Å². The third-order valence-corrected chi connectivity index (χ3v) is 37.1. The second kappa shape index (κ2) is 39.9. The summed E-state index contributed by atoms with van der Waals surface area (Å²) in [7, 11) is -26.9. The van der Waals surface area contributed by atoms with E-state index >= 15 is 0 Å². The van der Waals surface area contributed by atoms with Crippen LogP contribution in [0.25, 0.3) is 0 Å². The van der Waals surface area contributed by atoms with E-state index in [1.165, 1.54) is 36.4 Å². The summed E-state index contributed by atoms with van der Waals surface area (Å²) in [4.78, 5) is 0. The lowest BCUT2D eigenvalue weighted by molar-refractivity contribution is 0.322. The van der Waals surface area contributed by atoms with Gasteiger partial charge in [0, 0.05) is 99.3 Å². The Hall–Kier alpha value is -5.63. The Morgan fingerprint density at radius 1 is 0.371 bits per heavy atom. The summed E-state index contributed by atoms with van der Waals surface area (Å²) >= 11 is 0. The van der Waals surface area contributed by atoms with E-state index in [9.17, 15) is 89.3 Å². The summed E-state index contributed by atoms with van der Waals surface area (Å²) in [5, 5.41) is 12.3. The second-order valence-corrected chi connectivity index (χ2v) is 49.5. The maximum atomic E-state index is 14.5. The molecule has 8 fully saturated rings. The van der Waals surface area contributed by atoms with E-state index in [4.69, 9.17) is 0 Å². The highest BCUT2D eigenvalue weighted by atomic mass is 32.2. The van der Waals surface area contributed by atoms with Gasteiger partial charge in [-0.25, -0.2) is 108 Å². The van der Waals surface area contributed by atoms with Crippen molar-refractivity contribution in [1.29, 1.82) is 0 Å². The topological polar surface area (TPSA) is 382 Å². The van der Waals surface area contributed by atoms with Crippen LogP contribution in [0.1, 0.15) is 177 Å². The standard InChI is InChI=1S/C20H32FN3O4S2.C19H30FN3O4S2.C18H27F2N3O4S2.C18H28FN3O4S2/c1-20(2,3)30(27,28)23-16-7-5-15(6-8-16)14-22-17-9-10-19(18(21)13-17)24-11-4-12-29(24,25)26;1-14(2)29(26,27)22-16-6-4-15(5-7-16)13-21-17-8-9-19(18(20)12-17)23-10-3-11-28(23,24)25;1-2-28(24,25)22-14-6-4-13(5-7-14)12-21-15-10-16(19)18(17(20)11-15)23-8-3-9-29(23,26)27;1-2-27(23,24)21-15-6-4-14(5-7-15)13-20-16-8-9-18(17(19)12-16)22-10-3-11-28(22,25)26/h9-10,13,15-16,22-23H,4-8,11-12,14H2,1-3H3;8-9,12,14-16,21-22H,3-7,10-11,13H2,1-2H3;10-11,13-14,21-22H,2-9,12H2,1H3;8-9,12,14-15,20-21H,2-7,10-11,13H2,1H3. The molecule has 4 aliphatic carbocycles. The molecular formula is C75H117F5N12O16S8. The van der Waals surface area contributed by atoms with Gasteiger partial charge >= 0.3 is 0 Å². The van der Waals surface area contributed by atoms with Crippen LogP contribution in [-0.4, -0.2) is 188 Å². The molecule has 4 aliphatic heterocycles. The Kier molecular flexibility index (Phi) is 32.4. The Labute approximate surface area is 685 Å². The van der Waals surface area contributed by atoms with Crippen LogP contribution in [0.2, 0.25) is 0 Å². The SMILES string of the molecule is CC(C)(C)S(=O)(=O)NC1CCC(CNc2ccc(N3CCCS3(=O)=O)c(F)c2)CC1.CC(C)S(=O)(=O)NC1CCC(CNc2ccc(N3CCCS3(=O)=O)c(F)c2)CC1.CCS(=O)(=O)NC1CCC(CNc2cc(F)c(N3CCCS3(=O)=O)c(F)c2)CC1.CCS(=O)(=O)NC1CCC(CNc2ccc(N3CCCS3(=O)=O)c(F)c2)CC1. The largest absolute Gasteiger partial charge is 0.385 e. The highest BCUT2D eigenvalue weighted by Crippen LogP contribution is 2.37.